The molecule has 1 aromatic heterocycles. The third-order valence-corrected chi connectivity index (χ3v) is 12.9. The summed E-state index contributed by atoms with van der Waals surface area (Å²) in [5.74, 6) is 5.36. The number of halogens is 1. The van der Waals surface area contributed by atoms with E-state index in [1.807, 2.05) is 23.1 Å². The number of amides is 5. The van der Waals surface area contributed by atoms with Crippen molar-refractivity contribution in [2.24, 2.45) is 16.7 Å². The van der Waals surface area contributed by atoms with E-state index < -0.39 is 29.7 Å². The molecule has 2 aromatic carbocycles. The molecule has 5 amide bonds. The number of rotatable bonds is 6. The molecule has 5 aliphatic heterocycles. The van der Waals surface area contributed by atoms with Crippen LogP contribution < -0.4 is 15.0 Å². The topological polar surface area (TPSA) is 137 Å². The molecule has 6 heterocycles. The van der Waals surface area contributed by atoms with Crippen LogP contribution in [0.2, 0.25) is 5.02 Å². The molecular formula is C43H40ClN7O6. The molecule has 1 unspecified atom stereocenters. The maximum atomic E-state index is 13.7. The Morgan fingerprint density at radius 3 is 2.32 bits per heavy atom. The molecule has 4 fully saturated rings. The van der Waals surface area contributed by atoms with Gasteiger partial charge in [0.05, 0.1) is 40.5 Å². The molecule has 1 N–H and O–H groups in total. The van der Waals surface area contributed by atoms with Gasteiger partial charge in [-0.2, -0.15) is 0 Å². The molecule has 57 heavy (non-hydrogen) atoms. The van der Waals surface area contributed by atoms with Crippen molar-refractivity contribution >= 4 is 52.5 Å². The Balaban J connectivity index is 0.783. The molecule has 13 nitrogen and oxygen atoms in total. The van der Waals surface area contributed by atoms with E-state index in [-0.39, 0.29) is 58.8 Å². The van der Waals surface area contributed by atoms with Crippen LogP contribution in [-0.2, 0) is 16.1 Å². The van der Waals surface area contributed by atoms with Crippen LogP contribution in [0.3, 0.4) is 0 Å². The minimum atomic E-state index is -0.987. The van der Waals surface area contributed by atoms with Gasteiger partial charge in [0, 0.05) is 67.1 Å². The highest BCUT2D eigenvalue weighted by Crippen LogP contribution is 2.59. The van der Waals surface area contributed by atoms with Gasteiger partial charge in [-0.3, -0.25) is 39.1 Å². The smallest absolute Gasteiger partial charge is 0.262 e. The summed E-state index contributed by atoms with van der Waals surface area (Å²) in [7, 11) is 0. The van der Waals surface area contributed by atoms with Crippen molar-refractivity contribution in [1.82, 2.24) is 25.0 Å². The summed E-state index contributed by atoms with van der Waals surface area (Å²) in [6.45, 7) is 19.4. The van der Waals surface area contributed by atoms with E-state index in [1.54, 1.807) is 30.3 Å². The second kappa shape index (κ2) is 13.2. The highest BCUT2D eigenvalue weighted by molar-refractivity contribution is 6.33. The zero-order chi connectivity index (χ0) is 40.1. The zero-order valence-electron chi connectivity index (χ0n) is 32.0. The first-order chi connectivity index (χ1) is 27.1. The number of aromatic nitrogens is 1. The lowest BCUT2D eigenvalue weighted by Crippen LogP contribution is -2.74. The van der Waals surface area contributed by atoms with E-state index in [1.165, 1.54) is 0 Å². The second-order valence-corrected chi connectivity index (χ2v) is 17.5. The van der Waals surface area contributed by atoms with Gasteiger partial charge in [-0.1, -0.05) is 51.3 Å². The number of piperidine rings is 1. The predicted molar refractivity (Wildman–Crippen MR) is 209 cm³/mol. The van der Waals surface area contributed by atoms with Gasteiger partial charge in [0.1, 0.15) is 23.6 Å². The van der Waals surface area contributed by atoms with Gasteiger partial charge in [0.15, 0.2) is 0 Å². The zero-order valence-corrected chi connectivity index (χ0v) is 32.7. The average Bonchev–Trinajstić information content (AvgIpc) is 3.57. The van der Waals surface area contributed by atoms with Crippen molar-refractivity contribution in [2.75, 3.05) is 31.1 Å². The number of pyridine rings is 1. The Hall–Kier alpha value is -5.76. The van der Waals surface area contributed by atoms with E-state index >= 15 is 0 Å². The number of carbonyl (C=O) groups excluding carboxylic acids is 5. The second-order valence-electron chi connectivity index (χ2n) is 17.0. The predicted octanol–water partition coefficient (Wildman–Crippen LogP) is 4.70. The monoisotopic (exact) mass is 785 g/mol. The number of ether oxygens (including phenoxy) is 1. The molecule has 14 heteroatoms. The van der Waals surface area contributed by atoms with Crippen molar-refractivity contribution in [1.29, 1.82) is 0 Å². The first-order valence-electron chi connectivity index (χ1n) is 19.2. The highest BCUT2D eigenvalue weighted by atomic mass is 35.5. The van der Waals surface area contributed by atoms with Crippen LogP contribution in [0.25, 0.3) is 4.85 Å². The van der Waals surface area contributed by atoms with Crippen molar-refractivity contribution in [3.8, 4) is 17.6 Å². The summed E-state index contributed by atoms with van der Waals surface area (Å²) >= 11 is 6.28. The van der Waals surface area contributed by atoms with Gasteiger partial charge in [-0.25, -0.2) is 9.83 Å². The van der Waals surface area contributed by atoms with Crippen molar-refractivity contribution < 1.29 is 28.7 Å². The molecule has 1 aliphatic carbocycles. The fraction of sp³-hybridized carbons (Fsp3) is 0.419. The van der Waals surface area contributed by atoms with Crippen LogP contribution in [-0.4, -0.2) is 99.6 Å². The van der Waals surface area contributed by atoms with Gasteiger partial charge in [-0.15, -0.1) is 0 Å². The largest absolute Gasteiger partial charge is 0.489 e. The lowest BCUT2D eigenvalue weighted by molar-refractivity contribution is -0.199. The summed E-state index contributed by atoms with van der Waals surface area (Å²) in [5.41, 5.74) is 3.02. The Bertz CT molecular complexity index is 2400. The molecule has 1 atom stereocenters. The van der Waals surface area contributed by atoms with Crippen molar-refractivity contribution in [2.45, 2.75) is 71.3 Å². The summed E-state index contributed by atoms with van der Waals surface area (Å²) in [4.78, 5) is 79.8. The molecular weight excluding hydrogens is 746 g/mol. The number of hydrogen-bond donors (Lipinski definition) is 1. The number of imide groups is 2. The van der Waals surface area contributed by atoms with Crippen molar-refractivity contribution in [3.63, 3.8) is 0 Å². The van der Waals surface area contributed by atoms with E-state index in [0.29, 0.717) is 40.3 Å². The number of nitrogens with zero attached hydrogens (tertiary/aromatic N) is 6. The number of benzene rings is 2. The maximum absolute atomic E-state index is 13.7. The normalized spacial score (nSPS) is 25.1. The van der Waals surface area contributed by atoms with Gasteiger partial charge >= 0.3 is 0 Å². The van der Waals surface area contributed by atoms with Crippen LogP contribution in [0.15, 0.2) is 48.5 Å². The van der Waals surface area contributed by atoms with Crippen LogP contribution in [0, 0.1) is 35.2 Å². The first kappa shape index (κ1) is 36.9. The first-order valence-corrected chi connectivity index (χ1v) is 19.5. The molecule has 6 aliphatic rings. The quantitative estimate of drug-likeness (QED) is 0.214. The van der Waals surface area contributed by atoms with Crippen LogP contribution in [0.1, 0.15) is 83.0 Å². The standard InChI is InChI=1S/C43H40ClN7O6/c1-42(2)40(43(3,4)41(42)57-27-10-13-32(45-5)31(44)17-27)50-22-33-29(37(50)54)11-8-24(46-33)7-6-23-18-48(19-23)26-20-49(21-26)25-9-12-28-30(16-25)39(56)51(38(28)55)34-14-15-35(52)47-36(34)53/h8-13,16-17,23,26,34,40-41H,14-15,18-22H2,1-4H3,(H,47,52,53). The number of nitrogens with one attached hydrogen (secondary N) is 1. The van der Waals surface area contributed by atoms with Gasteiger partial charge in [-0.05, 0) is 54.8 Å². The van der Waals surface area contributed by atoms with Crippen molar-refractivity contribution in [3.05, 3.63) is 93.0 Å². The summed E-state index contributed by atoms with van der Waals surface area (Å²) in [6, 6.07) is 13.2. The van der Waals surface area contributed by atoms with Gasteiger partial charge in [0.25, 0.3) is 17.7 Å². The summed E-state index contributed by atoms with van der Waals surface area (Å²) in [6.07, 6.45) is 0.00636. The average molecular weight is 786 g/mol. The molecule has 3 aromatic rings. The van der Waals surface area contributed by atoms with E-state index in [4.69, 9.17) is 27.9 Å². The SMILES string of the molecule is [C-]#[N+]c1ccc(OC2C(C)(C)C(N3Cc4nc(C#CC5CN(C6CN(c7ccc8c(c7)C(=O)N(C7CCC(=O)NC7=O)C8=O)C6)C5)ccc4C3=O)C2(C)C)cc1Cl. The number of hydrogen-bond acceptors (Lipinski definition) is 9. The lowest BCUT2D eigenvalue weighted by Gasteiger charge is -2.65. The summed E-state index contributed by atoms with van der Waals surface area (Å²) in [5, 5.41) is 2.58. The minimum Gasteiger partial charge on any atom is -0.489 e. The molecule has 0 bridgehead atoms. The fourth-order valence-corrected chi connectivity index (χ4v) is 10.3. The van der Waals surface area contributed by atoms with E-state index in [0.717, 1.165) is 42.5 Å². The number of fused-ring (bicyclic) bond motifs is 2. The molecule has 9 rings (SSSR count). The molecule has 290 valence electrons. The number of likely N-dealkylation sites (tertiary alicyclic amines) is 1. The molecule has 0 spiro atoms. The third kappa shape index (κ3) is 5.86. The Labute approximate surface area is 335 Å². The Morgan fingerprint density at radius 1 is 0.895 bits per heavy atom. The minimum absolute atomic E-state index is 0.0376. The maximum Gasteiger partial charge on any atom is 0.262 e. The number of anilines is 1. The van der Waals surface area contributed by atoms with E-state index in [2.05, 4.69) is 59.5 Å². The van der Waals surface area contributed by atoms with Crippen LogP contribution >= 0.6 is 11.6 Å². The highest BCUT2D eigenvalue weighted by Gasteiger charge is 2.67. The van der Waals surface area contributed by atoms with Gasteiger partial charge < -0.3 is 14.5 Å². The molecule has 1 saturated carbocycles. The Morgan fingerprint density at radius 2 is 1.61 bits per heavy atom. The van der Waals surface area contributed by atoms with Gasteiger partial charge in [0.2, 0.25) is 17.5 Å². The summed E-state index contributed by atoms with van der Waals surface area (Å²) < 4.78 is 6.45. The Kier molecular flexibility index (Phi) is 8.50. The van der Waals surface area contributed by atoms with E-state index in [9.17, 15) is 24.0 Å². The third-order valence-electron chi connectivity index (χ3n) is 12.6. The molecule has 3 saturated heterocycles. The number of carbonyl (C=O) groups is 5. The van der Waals surface area contributed by atoms with Crippen LogP contribution in [0.4, 0.5) is 11.4 Å². The fourth-order valence-electron chi connectivity index (χ4n) is 10.1. The molecule has 0 radical (unpaired) electrons. The lowest BCUT2D eigenvalue weighted by atomic mass is 9.49. The van der Waals surface area contributed by atoms with Crippen LogP contribution in [0.5, 0.6) is 5.75 Å².